The fraction of sp³-hybridized carbons (Fsp3) is 0.333. The number of amides is 2. The van der Waals surface area contributed by atoms with Crippen molar-refractivity contribution >= 4 is 11.8 Å². The number of nitrogens with zero attached hydrogens (tertiary/aromatic N) is 1. The van der Waals surface area contributed by atoms with Crippen molar-refractivity contribution in [2.75, 3.05) is 6.54 Å². The van der Waals surface area contributed by atoms with Crippen molar-refractivity contribution in [2.24, 2.45) is 5.92 Å². The molecule has 4 rings (SSSR count). The summed E-state index contributed by atoms with van der Waals surface area (Å²) in [4.78, 5) is 28.6. The van der Waals surface area contributed by atoms with Crippen LogP contribution in [-0.4, -0.2) is 34.8 Å². The van der Waals surface area contributed by atoms with Gasteiger partial charge in [-0.3, -0.25) is 9.59 Å². The van der Waals surface area contributed by atoms with E-state index in [2.05, 4.69) is 5.32 Å². The van der Waals surface area contributed by atoms with Gasteiger partial charge in [-0.15, -0.1) is 0 Å². The quantitative estimate of drug-likeness (QED) is 0.786. The molecule has 0 radical (unpaired) electrons. The molecule has 1 N–H and O–H groups in total. The van der Waals surface area contributed by atoms with E-state index >= 15 is 0 Å². The summed E-state index contributed by atoms with van der Waals surface area (Å²) in [6, 6.07) is 19.0. The minimum atomic E-state index is -1.01. The summed E-state index contributed by atoms with van der Waals surface area (Å²) in [5.74, 6) is 0.377. The molecule has 0 spiro atoms. The van der Waals surface area contributed by atoms with Crippen LogP contribution >= 0.6 is 0 Å². The van der Waals surface area contributed by atoms with Crippen LogP contribution in [0.2, 0.25) is 0 Å². The zero-order valence-corrected chi connectivity index (χ0v) is 16.2. The molecular weight excluding hydrogens is 348 g/mol. The van der Waals surface area contributed by atoms with Crippen molar-refractivity contribution in [3.05, 3.63) is 83.9 Å². The fourth-order valence-corrected chi connectivity index (χ4v) is 3.94. The largest absolute Gasteiger partial charge is 0.353 e. The van der Waals surface area contributed by atoms with E-state index in [9.17, 15) is 9.59 Å². The molecule has 2 atom stereocenters. The maximum absolute atomic E-state index is 13.4. The molecule has 1 unspecified atom stereocenters. The van der Waals surface area contributed by atoms with Gasteiger partial charge in [0.05, 0.1) is 0 Å². The van der Waals surface area contributed by atoms with Crippen LogP contribution in [0.5, 0.6) is 0 Å². The van der Waals surface area contributed by atoms with Crippen LogP contribution < -0.4 is 5.32 Å². The minimum absolute atomic E-state index is 0.0897. The molecule has 1 saturated carbocycles. The van der Waals surface area contributed by atoms with Gasteiger partial charge in [0, 0.05) is 24.6 Å². The molecule has 1 aliphatic carbocycles. The Labute approximate surface area is 166 Å². The van der Waals surface area contributed by atoms with Crippen LogP contribution in [0, 0.1) is 5.92 Å². The van der Waals surface area contributed by atoms with Gasteiger partial charge < -0.3 is 10.2 Å². The van der Waals surface area contributed by atoms with Crippen LogP contribution in [0.15, 0.2) is 72.8 Å². The van der Waals surface area contributed by atoms with Gasteiger partial charge in [-0.05, 0) is 43.4 Å². The Morgan fingerprint density at radius 2 is 1.68 bits per heavy atom. The van der Waals surface area contributed by atoms with Crippen LogP contribution in [-0.2, 0) is 11.2 Å². The standard InChI is InChI=1S/C24H26N2O2/c1-18-14-15-24(16-19-8-4-2-5-9-19,23(28)25-17-20-12-13-20)26(18)22(27)21-10-6-3-7-11-21/h2-11,14-15,18,20H,12-13,16-17H2,1H3,(H,25,28)/t18?,24-/m0/s1. The highest BCUT2D eigenvalue weighted by Gasteiger charge is 2.49. The van der Waals surface area contributed by atoms with Crippen molar-refractivity contribution < 1.29 is 9.59 Å². The average Bonchev–Trinajstić information content (AvgIpc) is 3.50. The Balaban J connectivity index is 1.70. The normalized spacial score (nSPS) is 23.6. The van der Waals surface area contributed by atoms with Gasteiger partial charge in [0.25, 0.3) is 5.91 Å². The van der Waals surface area contributed by atoms with Gasteiger partial charge in [-0.1, -0.05) is 60.7 Å². The van der Waals surface area contributed by atoms with Crippen LogP contribution in [0.3, 0.4) is 0 Å². The summed E-state index contributed by atoms with van der Waals surface area (Å²) in [6.45, 7) is 2.66. The van der Waals surface area contributed by atoms with E-state index in [4.69, 9.17) is 0 Å². The molecule has 4 nitrogen and oxygen atoms in total. The van der Waals surface area contributed by atoms with E-state index in [-0.39, 0.29) is 17.9 Å². The van der Waals surface area contributed by atoms with E-state index < -0.39 is 5.54 Å². The van der Waals surface area contributed by atoms with Crippen LogP contribution in [0.25, 0.3) is 0 Å². The number of rotatable bonds is 6. The molecule has 2 aromatic rings. The van der Waals surface area contributed by atoms with Gasteiger partial charge in [-0.2, -0.15) is 0 Å². The molecule has 0 saturated heterocycles. The monoisotopic (exact) mass is 374 g/mol. The van der Waals surface area contributed by atoms with E-state index in [0.29, 0.717) is 24.4 Å². The average molecular weight is 374 g/mol. The van der Waals surface area contributed by atoms with Gasteiger partial charge in [0.1, 0.15) is 5.54 Å². The second-order valence-corrected chi connectivity index (χ2v) is 7.88. The number of carbonyl (C=O) groups excluding carboxylic acids is 2. The number of benzene rings is 2. The van der Waals surface area contributed by atoms with E-state index in [1.165, 1.54) is 12.8 Å². The topological polar surface area (TPSA) is 49.4 Å². The third kappa shape index (κ3) is 3.59. The maximum atomic E-state index is 13.4. The smallest absolute Gasteiger partial charge is 0.255 e. The molecule has 1 fully saturated rings. The van der Waals surface area contributed by atoms with Gasteiger partial charge in [-0.25, -0.2) is 0 Å². The summed E-state index contributed by atoms with van der Waals surface area (Å²) in [7, 11) is 0. The van der Waals surface area contributed by atoms with Crippen LogP contribution in [0.1, 0.15) is 35.7 Å². The Hall–Kier alpha value is -2.88. The highest BCUT2D eigenvalue weighted by molar-refractivity contribution is 6.01. The molecular formula is C24H26N2O2. The lowest BCUT2D eigenvalue weighted by Gasteiger charge is -2.39. The molecule has 4 heteroatoms. The first-order valence-corrected chi connectivity index (χ1v) is 10.0. The summed E-state index contributed by atoms with van der Waals surface area (Å²) in [5.41, 5.74) is 0.627. The lowest BCUT2D eigenvalue weighted by molar-refractivity contribution is -0.129. The van der Waals surface area contributed by atoms with Gasteiger partial charge in [0.15, 0.2) is 0 Å². The summed E-state index contributed by atoms with van der Waals surface area (Å²) in [5, 5.41) is 3.12. The Kier molecular flexibility index (Phi) is 5.03. The van der Waals surface area contributed by atoms with Gasteiger partial charge in [0.2, 0.25) is 5.91 Å². The fourth-order valence-electron chi connectivity index (χ4n) is 3.94. The Bertz CT molecular complexity index is 874. The highest BCUT2D eigenvalue weighted by Crippen LogP contribution is 2.34. The summed E-state index contributed by atoms with van der Waals surface area (Å²) >= 11 is 0. The third-order valence-corrected chi connectivity index (χ3v) is 5.69. The SMILES string of the molecule is CC1C=C[C@](Cc2ccccc2)(C(=O)NCC2CC2)N1C(=O)c1ccccc1. The van der Waals surface area contributed by atoms with Crippen molar-refractivity contribution in [3.63, 3.8) is 0 Å². The van der Waals surface area contributed by atoms with Gasteiger partial charge >= 0.3 is 0 Å². The third-order valence-electron chi connectivity index (χ3n) is 5.69. The van der Waals surface area contributed by atoms with Crippen molar-refractivity contribution in [3.8, 4) is 0 Å². The molecule has 2 amide bonds. The van der Waals surface area contributed by atoms with E-state index in [1.54, 1.807) is 4.90 Å². The second-order valence-electron chi connectivity index (χ2n) is 7.88. The first kappa shape index (κ1) is 18.5. The first-order chi connectivity index (χ1) is 13.6. The van der Waals surface area contributed by atoms with E-state index in [1.807, 2.05) is 79.7 Å². The molecule has 2 aliphatic rings. The minimum Gasteiger partial charge on any atom is -0.353 e. The first-order valence-electron chi connectivity index (χ1n) is 10.0. The maximum Gasteiger partial charge on any atom is 0.255 e. The van der Waals surface area contributed by atoms with Crippen molar-refractivity contribution in [1.29, 1.82) is 0 Å². The predicted octanol–water partition coefficient (Wildman–Crippen LogP) is 3.59. The molecule has 2 aromatic carbocycles. The molecule has 0 aromatic heterocycles. The predicted molar refractivity (Wildman–Crippen MR) is 110 cm³/mol. The Morgan fingerprint density at radius 3 is 2.32 bits per heavy atom. The molecule has 0 bridgehead atoms. The number of hydrogen-bond donors (Lipinski definition) is 1. The summed E-state index contributed by atoms with van der Waals surface area (Å²) < 4.78 is 0. The molecule has 144 valence electrons. The van der Waals surface area contributed by atoms with Crippen molar-refractivity contribution in [2.45, 2.75) is 37.8 Å². The van der Waals surface area contributed by atoms with Crippen molar-refractivity contribution in [1.82, 2.24) is 10.2 Å². The number of carbonyl (C=O) groups is 2. The zero-order chi connectivity index (χ0) is 19.6. The molecule has 1 heterocycles. The lowest BCUT2D eigenvalue weighted by atomic mass is 9.88. The number of nitrogens with one attached hydrogen (secondary N) is 1. The lowest BCUT2D eigenvalue weighted by Crippen LogP contribution is -2.60. The second kappa shape index (κ2) is 7.63. The molecule has 28 heavy (non-hydrogen) atoms. The van der Waals surface area contributed by atoms with E-state index in [0.717, 1.165) is 5.56 Å². The highest BCUT2D eigenvalue weighted by atomic mass is 16.2. The Morgan fingerprint density at radius 1 is 1.04 bits per heavy atom. The van der Waals surface area contributed by atoms with Crippen LogP contribution in [0.4, 0.5) is 0 Å². The summed E-state index contributed by atoms with van der Waals surface area (Å²) in [6.07, 6.45) is 6.70. The zero-order valence-electron chi connectivity index (χ0n) is 16.2. The number of hydrogen-bond acceptors (Lipinski definition) is 2. The molecule has 1 aliphatic heterocycles.